The number of nitrogens with zero attached hydrogens (tertiary/aromatic N) is 3. The van der Waals surface area contributed by atoms with Gasteiger partial charge in [-0.25, -0.2) is 9.97 Å². The molecule has 0 aliphatic heterocycles. The first-order valence-electron chi connectivity index (χ1n) is 4.93. The van der Waals surface area contributed by atoms with Gasteiger partial charge in [0.2, 0.25) is 0 Å². The minimum absolute atomic E-state index is 0.160. The maximum atomic E-state index is 5.77. The van der Waals surface area contributed by atoms with Crippen LogP contribution in [0, 0.1) is 0 Å². The Hall–Kier alpha value is -1.20. The maximum Gasteiger partial charge on any atom is 0.149 e. The monoisotopic (exact) mass is 254 g/mol. The predicted octanol–water partition coefficient (Wildman–Crippen LogP) is 3.15. The average molecular weight is 255 g/mol. The minimum Gasteiger partial charge on any atom is -0.360 e. The van der Waals surface area contributed by atoms with Crippen molar-refractivity contribution < 1.29 is 0 Å². The predicted molar refractivity (Wildman–Crippen MR) is 65.8 cm³/mol. The van der Waals surface area contributed by atoms with E-state index >= 15 is 0 Å². The van der Waals surface area contributed by atoms with E-state index in [1.807, 2.05) is 5.38 Å². The summed E-state index contributed by atoms with van der Waals surface area (Å²) in [4.78, 5) is 12.4. The van der Waals surface area contributed by atoms with Crippen molar-refractivity contribution in [3.8, 4) is 0 Å². The lowest BCUT2D eigenvalue weighted by molar-refractivity contribution is 0.736. The van der Waals surface area contributed by atoms with Crippen molar-refractivity contribution in [1.29, 1.82) is 0 Å². The molecule has 6 heteroatoms. The summed E-state index contributed by atoms with van der Waals surface area (Å²) in [6.45, 7) is 2.09. The van der Waals surface area contributed by atoms with Crippen LogP contribution in [0.2, 0.25) is 5.15 Å². The molecular weight excluding hydrogens is 244 g/mol. The van der Waals surface area contributed by atoms with Crippen molar-refractivity contribution in [2.75, 3.05) is 5.32 Å². The average Bonchev–Trinajstić information content (AvgIpc) is 2.79. The highest BCUT2D eigenvalue weighted by Gasteiger charge is 2.12. The van der Waals surface area contributed by atoms with Crippen LogP contribution in [0.3, 0.4) is 0 Å². The minimum atomic E-state index is 0.160. The standard InChI is InChI=1S/C10H11ClN4S/c1-2-7(10-13-3-4-16-10)14-9-6-12-5-8(11)15-9/h3-7H,2H2,1H3,(H,14,15). The summed E-state index contributed by atoms with van der Waals surface area (Å²) >= 11 is 7.39. The van der Waals surface area contributed by atoms with Gasteiger partial charge < -0.3 is 5.32 Å². The molecule has 2 aromatic heterocycles. The Morgan fingerprint density at radius 2 is 2.38 bits per heavy atom. The highest BCUT2D eigenvalue weighted by atomic mass is 35.5. The fourth-order valence-electron chi connectivity index (χ4n) is 1.34. The molecule has 16 heavy (non-hydrogen) atoms. The van der Waals surface area contributed by atoms with Crippen LogP contribution in [0.15, 0.2) is 24.0 Å². The third-order valence-electron chi connectivity index (χ3n) is 2.09. The number of nitrogens with one attached hydrogen (secondary N) is 1. The molecule has 0 amide bonds. The fraction of sp³-hybridized carbons (Fsp3) is 0.300. The molecular formula is C10H11ClN4S. The molecule has 0 radical (unpaired) electrons. The molecule has 1 N–H and O–H groups in total. The molecule has 2 heterocycles. The van der Waals surface area contributed by atoms with Crippen LogP contribution in [0.5, 0.6) is 0 Å². The first-order chi connectivity index (χ1) is 7.79. The molecule has 84 valence electrons. The third kappa shape index (κ3) is 2.68. The van der Waals surface area contributed by atoms with Crippen LogP contribution in [0.4, 0.5) is 5.82 Å². The molecule has 0 spiro atoms. The molecule has 1 unspecified atom stereocenters. The number of hydrogen-bond acceptors (Lipinski definition) is 5. The summed E-state index contributed by atoms with van der Waals surface area (Å²) in [5, 5.41) is 6.66. The molecule has 2 aromatic rings. The topological polar surface area (TPSA) is 50.7 Å². The SMILES string of the molecule is CCC(Nc1cncc(Cl)n1)c1nccs1. The first-order valence-corrected chi connectivity index (χ1v) is 6.19. The molecule has 2 rings (SSSR count). The summed E-state index contributed by atoms with van der Waals surface area (Å²) in [5.41, 5.74) is 0. The van der Waals surface area contributed by atoms with Gasteiger partial charge in [-0.2, -0.15) is 0 Å². The number of thiazole rings is 1. The second-order valence-electron chi connectivity index (χ2n) is 3.20. The quantitative estimate of drug-likeness (QED) is 0.911. The number of halogens is 1. The van der Waals surface area contributed by atoms with E-state index in [9.17, 15) is 0 Å². The maximum absolute atomic E-state index is 5.77. The Labute approximate surface area is 103 Å². The highest BCUT2D eigenvalue weighted by Crippen LogP contribution is 2.23. The Kier molecular flexibility index (Phi) is 3.69. The van der Waals surface area contributed by atoms with Gasteiger partial charge in [-0.15, -0.1) is 11.3 Å². The van der Waals surface area contributed by atoms with E-state index in [0.717, 1.165) is 11.4 Å². The zero-order valence-electron chi connectivity index (χ0n) is 8.72. The lowest BCUT2D eigenvalue weighted by Crippen LogP contribution is -2.10. The summed E-state index contributed by atoms with van der Waals surface area (Å²) in [6.07, 6.45) is 5.90. The molecule has 0 fully saturated rings. The Morgan fingerprint density at radius 3 is 3.00 bits per heavy atom. The summed E-state index contributed by atoms with van der Waals surface area (Å²) in [6, 6.07) is 0.160. The fourth-order valence-corrected chi connectivity index (χ4v) is 2.26. The van der Waals surface area contributed by atoms with Gasteiger partial charge in [0.25, 0.3) is 0 Å². The van der Waals surface area contributed by atoms with E-state index in [2.05, 4.69) is 27.2 Å². The molecule has 0 aliphatic rings. The van der Waals surface area contributed by atoms with Crippen molar-refractivity contribution in [2.45, 2.75) is 19.4 Å². The zero-order valence-corrected chi connectivity index (χ0v) is 10.3. The van der Waals surface area contributed by atoms with Crippen LogP contribution in [-0.2, 0) is 0 Å². The van der Waals surface area contributed by atoms with E-state index in [1.54, 1.807) is 23.7 Å². The smallest absolute Gasteiger partial charge is 0.149 e. The number of rotatable bonds is 4. The van der Waals surface area contributed by atoms with Gasteiger partial charge in [0, 0.05) is 11.6 Å². The van der Waals surface area contributed by atoms with Crippen molar-refractivity contribution in [2.24, 2.45) is 0 Å². The van der Waals surface area contributed by atoms with Crippen LogP contribution < -0.4 is 5.32 Å². The lowest BCUT2D eigenvalue weighted by Gasteiger charge is -2.14. The molecule has 0 saturated heterocycles. The highest BCUT2D eigenvalue weighted by molar-refractivity contribution is 7.09. The van der Waals surface area contributed by atoms with Gasteiger partial charge in [-0.05, 0) is 6.42 Å². The van der Waals surface area contributed by atoms with Crippen LogP contribution in [0.25, 0.3) is 0 Å². The van der Waals surface area contributed by atoms with Crippen LogP contribution in [-0.4, -0.2) is 15.0 Å². The largest absolute Gasteiger partial charge is 0.360 e. The van der Waals surface area contributed by atoms with Gasteiger partial charge in [-0.1, -0.05) is 18.5 Å². The van der Waals surface area contributed by atoms with E-state index in [-0.39, 0.29) is 6.04 Å². The Bertz CT molecular complexity index is 446. The second kappa shape index (κ2) is 5.23. The molecule has 0 aliphatic carbocycles. The Morgan fingerprint density at radius 1 is 1.50 bits per heavy atom. The summed E-state index contributed by atoms with van der Waals surface area (Å²) in [5.74, 6) is 0.676. The van der Waals surface area contributed by atoms with Gasteiger partial charge in [0.15, 0.2) is 0 Å². The zero-order chi connectivity index (χ0) is 11.4. The molecule has 0 aromatic carbocycles. The number of hydrogen-bond donors (Lipinski definition) is 1. The number of anilines is 1. The summed E-state index contributed by atoms with van der Waals surface area (Å²) < 4.78 is 0. The van der Waals surface area contributed by atoms with E-state index in [0.29, 0.717) is 11.0 Å². The van der Waals surface area contributed by atoms with E-state index < -0.39 is 0 Å². The summed E-state index contributed by atoms with van der Waals surface area (Å²) in [7, 11) is 0. The van der Waals surface area contributed by atoms with Crippen molar-refractivity contribution in [3.63, 3.8) is 0 Å². The van der Waals surface area contributed by atoms with Gasteiger partial charge in [0.05, 0.1) is 18.4 Å². The molecule has 0 bridgehead atoms. The van der Waals surface area contributed by atoms with E-state index in [4.69, 9.17) is 11.6 Å². The van der Waals surface area contributed by atoms with Crippen LogP contribution in [0.1, 0.15) is 24.4 Å². The molecule has 1 atom stereocenters. The van der Waals surface area contributed by atoms with Crippen LogP contribution >= 0.6 is 22.9 Å². The lowest BCUT2D eigenvalue weighted by atomic mass is 10.2. The van der Waals surface area contributed by atoms with Crippen molar-refractivity contribution in [1.82, 2.24) is 15.0 Å². The number of aromatic nitrogens is 3. The van der Waals surface area contributed by atoms with Gasteiger partial charge in [-0.3, -0.25) is 4.98 Å². The first kappa shape index (κ1) is 11.3. The Balaban J connectivity index is 2.13. The molecule has 4 nitrogen and oxygen atoms in total. The van der Waals surface area contributed by atoms with Gasteiger partial charge in [0.1, 0.15) is 16.0 Å². The second-order valence-corrected chi connectivity index (χ2v) is 4.52. The van der Waals surface area contributed by atoms with E-state index in [1.165, 1.54) is 6.20 Å². The normalized spacial score (nSPS) is 12.4. The van der Waals surface area contributed by atoms with Gasteiger partial charge >= 0.3 is 0 Å². The van der Waals surface area contributed by atoms with Crippen molar-refractivity contribution in [3.05, 3.63) is 34.1 Å². The molecule has 0 saturated carbocycles. The van der Waals surface area contributed by atoms with Crippen molar-refractivity contribution >= 4 is 28.8 Å². The third-order valence-corrected chi connectivity index (χ3v) is 3.16.